The maximum absolute atomic E-state index is 10.4. The molecule has 0 saturated heterocycles. The highest BCUT2D eigenvalue weighted by molar-refractivity contribution is 6.23. The molecule has 0 fully saturated rings. The van der Waals surface area contributed by atoms with E-state index in [-0.39, 0.29) is 11.1 Å². The van der Waals surface area contributed by atoms with Crippen molar-refractivity contribution in [1.29, 1.82) is 0 Å². The molecule has 0 radical (unpaired) electrons. The van der Waals surface area contributed by atoms with Gasteiger partial charge in [-0.25, -0.2) is 0 Å². The van der Waals surface area contributed by atoms with Gasteiger partial charge >= 0.3 is 0 Å². The number of para-hydroxylation sites is 1. The number of rotatable bonds is 2. The lowest BCUT2D eigenvalue weighted by atomic mass is 9.65. The fourth-order valence-corrected chi connectivity index (χ4v) is 7.41. The Morgan fingerprint density at radius 3 is 1.92 bits per heavy atom. The van der Waals surface area contributed by atoms with E-state index >= 15 is 0 Å². The molecular weight excluding hydrogens is 597 g/mol. The highest BCUT2D eigenvalue weighted by atomic mass is 16.5. The Morgan fingerprint density at radius 2 is 1.10 bits per heavy atom. The largest absolute Gasteiger partial charge is 0.457 e. The van der Waals surface area contributed by atoms with Crippen LogP contribution in [0.5, 0.6) is 11.5 Å². The van der Waals surface area contributed by atoms with Gasteiger partial charge in [-0.05, 0) is 85.5 Å². The third-order valence-corrected chi connectivity index (χ3v) is 9.35. The van der Waals surface area contributed by atoms with Crippen molar-refractivity contribution in [3.63, 3.8) is 0 Å². The second-order valence-electron chi connectivity index (χ2n) is 11.7. The van der Waals surface area contributed by atoms with Gasteiger partial charge in [-0.1, -0.05) is 139 Å². The second-order valence-corrected chi connectivity index (χ2v) is 11.7. The van der Waals surface area contributed by atoms with E-state index in [1.54, 1.807) is 24.3 Å². The van der Waals surface area contributed by atoms with Crippen LogP contribution in [0.2, 0.25) is 0 Å². The number of ether oxygens (including phenoxy) is 1. The summed E-state index contributed by atoms with van der Waals surface area (Å²) in [6.07, 6.45) is 0. The van der Waals surface area contributed by atoms with Gasteiger partial charge in [0.1, 0.15) is 22.7 Å². The fraction of sp³-hybridized carbons (Fsp3) is 0.0213. The molecule has 1 aliphatic heterocycles. The van der Waals surface area contributed by atoms with E-state index in [1.807, 2.05) is 30.3 Å². The van der Waals surface area contributed by atoms with Crippen LogP contribution in [0.4, 0.5) is 0 Å². The van der Waals surface area contributed by atoms with Crippen molar-refractivity contribution in [1.82, 2.24) is 0 Å². The Labute approximate surface area is 310 Å². The average molecular weight is 644 g/mol. The minimum atomic E-state index is -2.78. The monoisotopic (exact) mass is 643 g/mol. The maximum atomic E-state index is 10.4. The van der Waals surface area contributed by atoms with Crippen LogP contribution < -0.4 is 4.74 Å². The average Bonchev–Trinajstić information content (AvgIpc) is 3.87. The van der Waals surface area contributed by atoms with E-state index in [9.17, 15) is 13.7 Å². The molecule has 1 aromatic heterocycles. The van der Waals surface area contributed by atoms with Gasteiger partial charge in [-0.3, -0.25) is 0 Å². The topological polar surface area (TPSA) is 22.4 Å². The first-order chi connectivity index (χ1) is 32.2. The summed E-state index contributed by atoms with van der Waals surface area (Å²) in [5, 5.41) is 2.54. The van der Waals surface area contributed by atoms with Crippen LogP contribution >= 0.6 is 0 Å². The molecule has 228 valence electrons. The van der Waals surface area contributed by atoms with Gasteiger partial charge in [-0.15, -0.1) is 0 Å². The van der Waals surface area contributed by atoms with Crippen LogP contribution in [0, 0.1) is 0 Å². The lowest BCUT2D eigenvalue weighted by Crippen LogP contribution is -2.32. The minimum absolute atomic E-state index is 0.174. The lowest BCUT2D eigenvalue weighted by Gasteiger charge is -2.39. The molecule has 9 aromatic rings. The molecule has 1 aliphatic carbocycles. The summed E-state index contributed by atoms with van der Waals surface area (Å²) in [7, 11) is 0. The molecule has 0 bridgehead atoms. The molecule has 2 aliphatic rings. The van der Waals surface area contributed by atoms with E-state index in [2.05, 4.69) is 0 Å². The molecule has 11 rings (SSSR count). The fourth-order valence-electron chi connectivity index (χ4n) is 7.41. The van der Waals surface area contributed by atoms with Crippen molar-refractivity contribution >= 4 is 32.7 Å². The number of hydrogen-bond acceptors (Lipinski definition) is 2. The number of hydrogen-bond donors (Lipinski definition) is 0. The summed E-state index contributed by atoms with van der Waals surface area (Å²) in [5.74, 6) is -1.45. The molecule has 1 spiro atoms. The predicted molar refractivity (Wildman–Crippen MR) is 199 cm³/mol. The molecule has 0 saturated carbocycles. The zero-order valence-electron chi connectivity index (χ0n) is 44.0. The molecule has 0 atom stereocenters. The molecule has 2 nitrogen and oxygen atoms in total. The number of fused-ring (bicyclic) bond motifs is 14. The van der Waals surface area contributed by atoms with Gasteiger partial charge in [-0.2, -0.15) is 0 Å². The van der Waals surface area contributed by atoms with Crippen LogP contribution in [0.15, 0.2) is 174 Å². The first-order valence-electron chi connectivity index (χ1n) is 24.8. The summed E-state index contributed by atoms with van der Waals surface area (Å²) < 4.78 is 188. The van der Waals surface area contributed by atoms with Gasteiger partial charge < -0.3 is 9.15 Å². The highest BCUT2D eigenvalue weighted by Gasteiger charge is 2.51. The first kappa shape index (κ1) is 14.4. The van der Waals surface area contributed by atoms with E-state index in [0.717, 1.165) is 10.8 Å². The number of furan rings is 1. The van der Waals surface area contributed by atoms with Crippen LogP contribution in [-0.4, -0.2) is 0 Å². The summed E-state index contributed by atoms with van der Waals surface area (Å²) in [4.78, 5) is 0. The molecule has 2 heterocycles. The molecule has 0 amide bonds. The Bertz CT molecular complexity index is 3830. The van der Waals surface area contributed by atoms with E-state index in [4.69, 9.17) is 21.5 Å². The molecule has 2 heteroatoms. The Morgan fingerprint density at radius 1 is 0.449 bits per heavy atom. The van der Waals surface area contributed by atoms with Crippen LogP contribution in [0.1, 0.15) is 48.3 Å². The van der Waals surface area contributed by atoms with Crippen molar-refractivity contribution in [3.8, 4) is 44.9 Å². The molecule has 0 unspecified atom stereocenters. The second kappa shape index (κ2) is 9.82. The summed E-state index contributed by atoms with van der Waals surface area (Å²) >= 11 is 0. The van der Waals surface area contributed by atoms with E-state index < -0.39 is 176 Å². The quantitative estimate of drug-likeness (QED) is 0.187. The Kier molecular flexibility index (Phi) is 2.88. The Hall–Kier alpha value is -6.38. The van der Waals surface area contributed by atoms with Gasteiger partial charge in [0.25, 0.3) is 0 Å². The smallest absolute Gasteiger partial charge is 0.136 e. The third-order valence-electron chi connectivity index (χ3n) is 9.35. The van der Waals surface area contributed by atoms with E-state index in [0.29, 0.717) is 21.9 Å². The van der Waals surface area contributed by atoms with Crippen molar-refractivity contribution < 1.29 is 35.2 Å². The standard InChI is InChI=1S/C47H28O2/c1-2-14-32-29(12-1)24-27-44-45(32)46-36(18-11-23-43(46)49-44)33-15-4-3-13-31(33)30-25-26-42-40(28-30)47(39-21-9-10-22-41(39)48-42)37-19-7-5-16-34(37)35-17-6-8-20-38(35)47/h1-28H/i3D,4D,5D,6D,7D,8D,9D,10D,13D,15D,16D,17D,19D,20D,21D,22D,25D,26D,28D. The van der Waals surface area contributed by atoms with Crippen molar-refractivity contribution in [2.45, 2.75) is 5.41 Å². The molecule has 0 N–H and O–H groups in total. The van der Waals surface area contributed by atoms with Gasteiger partial charge in [0.05, 0.1) is 31.5 Å². The molecule has 8 aromatic carbocycles. The van der Waals surface area contributed by atoms with Crippen molar-refractivity contribution in [2.75, 3.05) is 0 Å². The highest BCUT2D eigenvalue weighted by Crippen LogP contribution is 2.62. The van der Waals surface area contributed by atoms with Gasteiger partial charge in [0.15, 0.2) is 0 Å². The van der Waals surface area contributed by atoms with Gasteiger partial charge in [0, 0.05) is 21.9 Å². The zero-order chi connectivity index (χ0) is 48.6. The SMILES string of the molecule is [2H]c1c([2H])c([2H])c2c(c1[2H])Oc1c([2H])c([2H])c(-c3c([2H])c([2H])c([2H])c([2H])c3-c3cccc4oc5ccc6ccccc6c5c34)c([2H])c1C21c2c([2H])c([2H])c([2H])c([2H])c2-c2c([2H])c([2H])c([2H])c([2H])c21. The van der Waals surface area contributed by atoms with Crippen LogP contribution in [0.3, 0.4) is 0 Å². The maximum Gasteiger partial charge on any atom is 0.136 e. The summed E-state index contributed by atoms with van der Waals surface area (Å²) in [6, 6.07) is 0.220. The predicted octanol–water partition coefficient (Wildman–Crippen LogP) is 12.5. The van der Waals surface area contributed by atoms with Crippen LogP contribution in [-0.2, 0) is 5.41 Å². The lowest BCUT2D eigenvalue weighted by molar-refractivity contribution is 0.436. The molecule has 49 heavy (non-hydrogen) atoms. The van der Waals surface area contributed by atoms with Crippen LogP contribution in [0.25, 0.3) is 66.1 Å². The zero-order valence-corrected chi connectivity index (χ0v) is 25.0. The summed E-state index contributed by atoms with van der Waals surface area (Å²) in [6.45, 7) is 0. The molecular formula is C47H28O2. The van der Waals surface area contributed by atoms with E-state index in [1.165, 1.54) is 0 Å². The van der Waals surface area contributed by atoms with Gasteiger partial charge in [0.2, 0.25) is 0 Å². The first-order valence-corrected chi connectivity index (χ1v) is 15.3. The summed E-state index contributed by atoms with van der Waals surface area (Å²) in [5.41, 5.74) is -6.55. The minimum Gasteiger partial charge on any atom is -0.457 e. The normalized spacial score (nSPS) is 19.1. The third kappa shape index (κ3) is 3.50. The number of benzene rings is 8. The Balaban J connectivity index is 1.40. The van der Waals surface area contributed by atoms with Crippen molar-refractivity contribution in [3.05, 3.63) is 192 Å². The van der Waals surface area contributed by atoms with Crippen molar-refractivity contribution in [2.24, 2.45) is 0 Å².